The van der Waals surface area contributed by atoms with Crippen LogP contribution in [0.15, 0.2) is 24.3 Å². The van der Waals surface area contributed by atoms with Crippen LogP contribution in [-0.2, 0) is 6.42 Å². The number of rotatable bonds is 4. The van der Waals surface area contributed by atoms with Gasteiger partial charge in [-0.3, -0.25) is 4.79 Å². The number of anilines is 1. The third-order valence-corrected chi connectivity index (χ3v) is 3.37. The van der Waals surface area contributed by atoms with Gasteiger partial charge < -0.3 is 11.1 Å². The maximum atomic E-state index is 11.8. The standard InChI is InChI=1S/C11H11ClN4OS/c12-8-4-2-1-3-7(8)10(17)14-6-5-9-15-16-11(13)18-9/h1-4H,5-6H2,(H2,13,16)(H,14,17). The lowest BCUT2D eigenvalue weighted by Crippen LogP contribution is -2.25. The molecule has 0 atom stereocenters. The van der Waals surface area contributed by atoms with Crippen LogP contribution in [0.5, 0.6) is 0 Å². The van der Waals surface area contributed by atoms with Crippen LogP contribution in [0, 0.1) is 0 Å². The van der Waals surface area contributed by atoms with Crippen LogP contribution in [0.25, 0.3) is 0 Å². The van der Waals surface area contributed by atoms with Crippen molar-refractivity contribution < 1.29 is 4.79 Å². The molecule has 1 aromatic carbocycles. The minimum absolute atomic E-state index is 0.196. The molecule has 2 aromatic rings. The molecule has 94 valence electrons. The highest BCUT2D eigenvalue weighted by atomic mass is 35.5. The molecule has 0 aliphatic rings. The van der Waals surface area contributed by atoms with E-state index in [9.17, 15) is 4.79 Å². The van der Waals surface area contributed by atoms with Crippen LogP contribution in [0.1, 0.15) is 15.4 Å². The number of hydrogen-bond donors (Lipinski definition) is 2. The van der Waals surface area contributed by atoms with Gasteiger partial charge in [0.05, 0.1) is 10.6 Å². The van der Waals surface area contributed by atoms with Crippen molar-refractivity contribution in [2.45, 2.75) is 6.42 Å². The molecule has 0 aliphatic heterocycles. The van der Waals surface area contributed by atoms with Gasteiger partial charge in [0, 0.05) is 13.0 Å². The SMILES string of the molecule is Nc1nnc(CCNC(=O)c2ccccc2Cl)s1. The van der Waals surface area contributed by atoms with Crippen molar-refractivity contribution in [2.75, 3.05) is 12.3 Å². The molecule has 18 heavy (non-hydrogen) atoms. The number of carbonyl (C=O) groups is 1. The number of nitrogens with zero attached hydrogens (tertiary/aromatic N) is 2. The summed E-state index contributed by atoms with van der Waals surface area (Å²) in [5.74, 6) is -0.196. The molecule has 1 heterocycles. The fraction of sp³-hybridized carbons (Fsp3) is 0.182. The Bertz CT molecular complexity index is 557. The Labute approximate surface area is 113 Å². The summed E-state index contributed by atoms with van der Waals surface area (Å²) in [5, 5.41) is 12.0. The molecule has 1 amide bonds. The minimum atomic E-state index is -0.196. The molecular weight excluding hydrogens is 272 g/mol. The molecule has 0 spiro atoms. The second-order valence-electron chi connectivity index (χ2n) is 3.52. The maximum Gasteiger partial charge on any atom is 0.252 e. The van der Waals surface area contributed by atoms with E-state index in [0.717, 1.165) is 5.01 Å². The van der Waals surface area contributed by atoms with E-state index in [4.69, 9.17) is 17.3 Å². The Kier molecular flexibility index (Phi) is 4.11. The van der Waals surface area contributed by atoms with Gasteiger partial charge in [0.1, 0.15) is 5.01 Å². The Morgan fingerprint density at radius 1 is 1.39 bits per heavy atom. The van der Waals surface area contributed by atoms with Gasteiger partial charge in [0.2, 0.25) is 5.13 Å². The Hall–Kier alpha value is -1.66. The van der Waals surface area contributed by atoms with E-state index in [0.29, 0.717) is 28.7 Å². The van der Waals surface area contributed by atoms with Gasteiger partial charge in [0.15, 0.2) is 0 Å². The van der Waals surface area contributed by atoms with Crippen LogP contribution in [0.2, 0.25) is 5.02 Å². The van der Waals surface area contributed by atoms with Crippen molar-refractivity contribution in [1.29, 1.82) is 0 Å². The first-order valence-electron chi connectivity index (χ1n) is 5.27. The largest absolute Gasteiger partial charge is 0.374 e. The zero-order valence-corrected chi connectivity index (χ0v) is 11.0. The average molecular weight is 283 g/mol. The summed E-state index contributed by atoms with van der Waals surface area (Å²) in [4.78, 5) is 11.8. The van der Waals surface area contributed by atoms with Gasteiger partial charge in [-0.1, -0.05) is 35.1 Å². The van der Waals surface area contributed by atoms with Crippen molar-refractivity contribution in [3.05, 3.63) is 39.9 Å². The molecule has 5 nitrogen and oxygen atoms in total. The predicted molar refractivity (Wildman–Crippen MR) is 71.8 cm³/mol. The predicted octanol–water partition coefficient (Wildman–Crippen LogP) is 1.75. The van der Waals surface area contributed by atoms with E-state index in [-0.39, 0.29) is 5.91 Å². The summed E-state index contributed by atoms with van der Waals surface area (Å²) in [6.45, 7) is 0.471. The summed E-state index contributed by atoms with van der Waals surface area (Å²) in [5.41, 5.74) is 5.93. The number of benzene rings is 1. The molecule has 0 radical (unpaired) electrons. The average Bonchev–Trinajstić information content (AvgIpc) is 2.75. The zero-order valence-electron chi connectivity index (χ0n) is 9.39. The maximum absolute atomic E-state index is 11.8. The third-order valence-electron chi connectivity index (χ3n) is 2.23. The van der Waals surface area contributed by atoms with Crippen LogP contribution in [-0.4, -0.2) is 22.6 Å². The first-order valence-corrected chi connectivity index (χ1v) is 6.47. The number of amides is 1. The number of carbonyl (C=O) groups excluding carboxylic acids is 1. The van der Waals surface area contributed by atoms with Gasteiger partial charge in [-0.2, -0.15) is 0 Å². The van der Waals surface area contributed by atoms with Crippen molar-refractivity contribution in [2.24, 2.45) is 0 Å². The molecule has 0 aliphatic carbocycles. The first kappa shape index (κ1) is 12.8. The molecule has 0 saturated carbocycles. The van der Waals surface area contributed by atoms with Crippen molar-refractivity contribution >= 4 is 34.0 Å². The van der Waals surface area contributed by atoms with Crippen molar-refractivity contribution in [3.63, 3.8) is 0 Å². The Balaban J connectivity index is 1.87. The molecule has 0 fully saturated rings. The summed E-state index contributed by atoms with van der Waals surface area (Å²) in [7, 11) is 0. The van der Waals surface area contributed by atoms with Gasteiger partial charge in [0.25, 0.3) is 5.91 Å². The van der Waals surface area contributed by atoms with E-state index >= 15 is 0 Å². The van der Waals surface area contributed by atoms with Gasteiger partial charge in [-0.25, -0.2) is 0 Å². The molecule has 3 N–H and O–H groups in total. The molecule has 0 saturated heterocycles. The summed E-state index contributed by atoms with van der Waals surface area (Å²) in [6.07, 6.45) is 0.602. The zero-order chi connectivity index (χ0) is 13.0. The van der Waals surface area contributed by atoms with Crippen LogP contribution in [0.3, 0.4) is 0 Å². The molecule has 0 unspecified atom stereocenters. The van der Waals surface area contributed by atoms with Crippen LogP contribution < -0.4 is 11.1 Å². The Morgan fingerprint density at radius 3 is 2.83 bits per heavy atom. The number of aromatic nitrogens is 2. The van der Waals surface area contributed by atoms with E-state index in [2.05, 4.69) is 15.5 Å². The lowest BCUT2D eigenvalue weighted by atomic mass is 10.2. The number of hydrogen-bond acceptors (Lipinski definition) is 5. The monoisotopic (exact) mass is 282 g/mol. The quantitative estimate of drug-likeness (QED) is 0.895. The normalized spacial score (nSPS) is 10.3. The molecular formula is C11H11ClN4OS. The van der Waals surface area contributed by atoms with Gasteiger partial charge in [-0.05, 0) is 12.1 Å². The number of nitrogens with two attached hydrogens (primary N) is 1. The highest BCUT2D eigenvalue weighted by Crippen LogP contribution is 2.14. The number of halogens is 1. The fourth-order valence-corrected chi connectivity index (χ4v) is 2.22. The molecule has 7 heteroatoms. The summed E-state index contributed by atoms with van der Waals surface area (Å²) < 4.78 is 0. The fourth-order valence-electron chi connectivity index (χ4n) is 1.39. The molecule has 0 bridgehead atoms. The van der Waals surface area contributed by atoms with Gasteiger partial charge >= 0.3 is 0 Å². The summed E-state index contributed by atoms with van der Waals surface area (Å²) >= 11 is 7.24. The van der Waals surface area contributed by atoms with E-state index in [1.165, 1.54) is 11.3 Å². The van der Waals surface area contributed by atoms with E-state index < -0.39 is 0 Å². The van der Waals surface area contributed by atoms with Crippen LogP contribution >= 0.6 is 22.9 Å². The second-order valence-corrected chi connectivity index (χ2v) is 5.02. The minimum Gasteiger partial charge on any atom is -0.374 e. The summed E-state index contributed by atoms with van der Waals surface area (Å²) in [6, 6.07) is 6.91. The topological polar surface area (TPSA) is 80.9 Å². The third kappa shape index (κ3) is 3.18. The highest BCUT2D eigenvalue weighted by molar-refractivity contribution is 7.15. The lowest BCUT2D eigenvalue weighted by molar-refractivity contribution is 0.0954. The number of nitrogens with one attached hydrogen (secondary N) is 1. The van der Waals surface area contributed by atoms with Crippen molar-refractivity contribution in [1.82, 2.24) is 15.5 Å². The van der Waals surface area contributed by atoms with Crippen LogP contribution in [0.4, 0.5) is 5.13 Å². The molecule has 1 aromatic heterocycles. The Morgan fingerprint density at radius 2 is 2.17 bits per heavy atom. The smallest absolute Gasteiger partial charge is 0.252 e. The molecule has 2 rings (SSSR count). The van der Waals surface area contributed by atoms with E-state index in [1.807, 2.05) is 0 Å². The van der Waals surface area contributed by atoms with Crippen molar-refractivity contribution in [3.8, 4) is 0 Å². The number of nitrogen functional groups attached to an aromatic ring is 1. The van der Waals surface area contributed by atoms with E-state index in [1.54, 1.807) is 24.3 Å². The van der Waals surface area contributed by atoms with Gasteiger partial charge in [-0.15, -0.1) is 10.2 Å². The second kappa shape index (κ2) is 5.79. The highest BCUT2D eigenvalue weighted by Gasteiger charge is 2.09. The lowest BCUT2D eigenvalue weighted by Gasteiger charge is -2.05. The first-order chi connectivity index (χ1) is 8.66.